The minimum Gasteiger partial charge on any atom is -0.382 e. The highest BCUT2D eigenvalue weighted by molar-refractivity contribution is 8.00. The molecule has 0 saturated carbocycles. The van der Waals surface area contributed by atoms with Gasteiger partial charge in [0.25, 0.3) is 5.91 Å². The number of halogens is 3. The predicted molar refractivity (Wildman–Crippen MR) is 76.3 cm³/mol. The van der Waals surface area contributed by atoms with Crippen LogP contribution in [0.1, 0.15) is 16.6 Å². The number of alkyl halides is 3. The molecule has 10 heteroatoms. The van der Waals surface area contributed by atoms with Crippen molar-refractivity contribution in [2.75, 3.05) is 36.5 Å². The molecule has 1 aromatic heterocycles. The van der Waals surface area contributed by atoms with Gasteiger partial charge in [0, 0.05) is 25.9 Å². The number of nitrogens with one attached hydrogen (secondary N) is 1. The summed E-state index contributed by atoms with van der Waals surface area (Å²) in [7, 11) is 1.81. The Morgan fingerprint density at radius 3 is 2.75 bits per heavy atom. The number of amides is 1. The van der Waals surface area contributed by atoms with Crippen molar-refractivity contribution in [1.29, 1.82) is 0 Å². The van der Waals surface area contributed by atoms with Crippen LogP contribution in [-0.4, -0.2) is 42.3 Å². The largest absolute Gasteiger partial charge is 0.441 e. The minimum atomic E-state index is -4.29. The van der Waals surface area contributed by atoms with Gasteiger partial charge in [-0.2, -0.15) is 13.2 Å². The van der Waals surface area contributed by atoms with Gasteiger partial charge in [-0.05, 0) is 18.7 Å². The zero-order chi connectivity index (χ0) is 15.3. The lowest BCUT2D eigenvalue weighted by Gasteiger charge is -2.10. The second kappa shape index (κ2) is 7.02. The second-order valence-corrected chi connectivity index (χ2v) is 5.91. The van der Waals surface area contributed by atoms with Gasteiger partial charge in [-0.3, -0.25) is 4.79 Å². The fourth-order valence-corrected chi connectivity index (χ4v) is 2.56. The number of rotatable bonds is 6. The Morgan fingerprint density at radius 1 is 1.55 bits per heavy atom. The molecule has 0 bridgehead atoms. The van der Waals surface area contributed by atoms with Gasteiger partial charge in [0.15, 0.2) is 5.13 Å². The number of anilines is 2. The monoisotopic (exact) mass is 328 g/mol. The number of carbonyl (C=O) groups is 1. The molecule has 0 atom stereocenters. The number of hydrogen-bond acceptors (Lipinski definition) is 6. The number of hydrogen-bond donors (Lipinski definition) is 2. The van der Waals surface area contributed by atoms with Gasteiger partial charge in [-0.1, -0.05) is 11.3 Å². The van der Waals surface area contributed by atoms with Crippen molar-refractivity contribution >= 4 is 40.0 Å². The van der Waals surface area contributed by atoms with Crippen LogP contribution >= 0.6 is 23.1 Å². The molecule has 0 saturated heterocycles. The van der Waals surface area contributed by atoms with Crippen LogP contribution in [0.5, 0.6) is 0 Å². The summed E-state index contributed by atoms with van der Waals surface area (Å²) in [5.41, 5.74) is 1.35. The van der Waals surface area contributed by atoms with Gasteiger partial charge >= 0.3 is 5.51 Å². The van der Waals surface area contributed by atoms with E-state index in [1.165, 1.54) is 0 Å². The lowest BCUT2D eigenvalue weighted by atomic mass is 10.4. The fourth-order valence-electron chi connectivity index (χ4n) is 1.19. The quantitative estimate of drug-likeness (QED) is 0.783. The van der Waals surface area contributed by atoms with Crippen LogP contribution in [0.3, 0.4) is 0 Å². The molecule has 5 nitrogen and oxygen atoms in total. The summed E-state index contributed by atoms with van der Waals surface area (Å²) >= 11 is 0.935. The highest BCUT2D eigenvalue weighted by atomic mass is 32.2. The first kappa shape index (κ1) is 16.9. The summed E-state index contributed by atoms with van der Waals surface area (Å²) in [6.45, 7) is 2.54. The van der Waals surface area contributed by atoms with E-state index in [0.29, 0.717) is 11.7 Å². The molecule has 0 aliphatic carbocycles. The summed E-state index contributed by atoms with van der Waals surface area (Å²) in [5.74, 6) is -0.653. The van der Waals surface area contributed by atoms with Crippen molar-refractivity contribution in [3.05, 3.63) is 4.88 Å². The maximum absolute atomic E-state index is 11.9. The second-order valence-electron chi connectivity index (χ2n) is 3.78. The van der Waals surface area contributed by atoms with E-state index in [1.54, 1.807) is 7.05 Å². The van der Waals surface area contributed by atoms with E-state index in [2.05, 4.69) is 10.3 Å². The van der Waals surface area contributed by atoms with E-state index in [4.69, 9.17) is 5.73 Å². The van der Waals surface area contributed by atoms with Gasteiger partial charge in [-0.25, -0.2) is 4.98 Å². The first-order valence-corrected chi connectivity index (χ1v) is 7.51. The van der Waals surface area contributed by atoms with E-state index >= 15 is 0 Å². The lowest BCUT2D eigenvalue weighted by Crippen LogP contribution is -2.26. The first-order valence-electron chi connectivity index (χ1n) is 5.71. The molecule has 0 fully saturated rings. The minimum absolute atomic E-state index is 0.0840. The number of nitrogens with zero attached hydrogens (tertiary/aromatic N) is 2. The van der Waals surface area contributed by atoms with Crippen molar-refractivity contribution in [3.8, 4) is 0 Å². The molecular weight excluding hydrogens is 313 g/mol. The van der Waals surface area contributed by atoms with Crippen LogP contribution < -0.4 is 16.0 Å². The Balaban J connectivity index is 2.53. The van der Waals surface area contributed by atoms with Gasteiger partial charge in [0.05, 0.1) is 0 Å². The molecule has 20 heavy (non-hydrogen) atoms. The molecule has 0 aliphatic rings. The highest BCUT2D eigenvalue weighted by Gasteiger charge is 2.27. The van der Waals surface area contributed by atoms with Gasteiger partial charge in [-0.15, -0.1) is 0 Å². The van der Waals surface area contributed by atoms with Crippen LogP contribution in [-0.2, 0) is 0 Å². The number of carbonyl (C=O) groups excluding carboxylic acids is 1. The zero-order valence-electron chi connectivity index (χ0n) is 11.0. The molecule has 0 aliphatic heterocycles. The average Bonchev–Trinajstić information content (AvgIpc) is 2.74. The summed E-state index contributed by atoms with van der Waals surface area (Å²) in [5, 5.41) is 2.99. The third kappa shape index (κ3) is 5.08. The molecule has 3 N–H and O–H groups in total. The van der Waals surface area contributed by atoms with Crippen LogP contribution in [0.2, 0.25) is 0 Å². The van der Waals surface area contributed by atoms with Crippen molar-refractivity contribution in [2.24, 2.45) is 0 Å². The average molecular weight is 328 g/mol. The highest BCUT2D eigenvalue weighted by Crippen LogP contribution is 2.30. The zero-order valence-corrected chi connectivity index (χ0v) is 12.6. The Hall–Kier alpha value is -1.16. The maximum atomic E-state index is 11.9. The van der Waals surface area contributed by atoms with E-state index in [1.807, 2.05) is 11.8 Å². The van der Waals surface area contributed by atoms with E-state index in [0.717, 1.165) is 11.3 Å². The molecule has 0 radical (unpaired) electrons. The Labute approximate surface area is 122 Å². The molecule has 0 unspecified atom stereocenters. The number of aromatic nitrogens is 1. The summed E-state index contributed by atoms with van der Waals surface area (Å²) in [6.07, 6.45) is 0. The smallest absolute Gasteiger partial charge is 0.382 e. The number of thioether (sulfide) groups is 1. The van der Waals surface area contributed by atoms with Gasteiger partial charge in [0.2, 0.25) is 0 Å². The third-order valence-electron chi connectivity index (χ3n) is 2.30. The molecule has 114 valence electrons. The van der Waals surface area contributed by atoms with Crippen LogP contribution in [0, 0.1) is 0 Å². The van der Waals surface area contributed by atoms with E-state index in [-0.39, 0.29) is 34.8 Å². The van der Waals surface area contributed by atoms with E-state index < -0.39 is 11.4 Å². The fraction of sp³-hybridized carbons (Fsp3) is 0.600. The normalized spacial score (nSPS) is 11.4. The molecule has 1 amide bonds. The third-order valence-corrected chi connectivity index (χ3v) is 4.22. The molecule has 1 aromatic rings. The topological polar surface area (TPSA) is 71.2 Å². The van der Waals surface area contributed by atoms with Gasteiger partial charge < -0.3 is 16.0 Å². The van der Waals surface area contributed by atoms with E-state index in [9.17, 15) is 18.0 Å². The number of thiazole rings is 1. The van der Waals surface area contributed by atoms with Crippen LogP contribution in [0.15, 0.2) is 0 Å². The first-order chi connectivity index (χ1) is 9.24. The summed E-state index contributed by atoms with van der Waals surface area (Å²) < 4.78 is 35.7. The van der Waals surface area contributed by atoms with Gasteiger partial charge in [0.1, 0.15) is 10.7 Å². The summed E-state index contributed by atoms with van der Waals surface area (Å²) in [4.78, 5) is 17.9. The van der Waals surface area contributed by atoms with Crippen LogP contribution in [0.4, 0.5) is 24.1 Å². The van der Waals surface area contributed by atoms with Crippen LogP contribution in [0.25, 0.3) is 0 Å². The summed E-state index contributed by atoms with van der Waals surface area (Å²) in [6, 6.07) is 0. The molecule has 1 heterocycles. The Bertz CT molecular complexity index is 464. The maximum Gasteiger partial charge on any atom is 0.441 e. The predicted octanol–water partition coefficient (Wildman–Crippen LogP) is 2.16. The SMILES string of the molecule is CCN(C)c1nc(N)c(C(=O)NCCSC(F)(F)F)s1. The van der Waals surface area contributed by atoms with Crippen molar-refractivity contribution < 1.29 is 18.0 Å². The molecular formula is C10H15F3N4OS2. The number of nitrogens with two attached hydrogens (primary N) is 1. The van der Waals surface area contributed by atoms with Crippen molar-refractivity contribution in [3.63, 3.8) is 0 Å². The Morgan fingerprint density at radius 2 is 2.20 bits per heavy atom. The Kier molecular flexibility index (Phi) is 5.93. The molecule has 0 spiro atoms. The van der Waals surface area contributed by atoms with Crippen molar-refractivity contribution in [1.82, 2.24) is 10.3 Å². The standard InChI is InChI=1S/C10H15F3N4OS2/c1-3-17(2)9-16-7(14)6(20-9)8(18)15-4-5-19-10(11,12)13/h3-5,14H2,1-2H3,(H,15,18). The number of nitrogen functional groups attached to an aromatic ring is 1. The lowest BCUT2D eigenvalue weighted by molar-refractivity contribution is -0.0327. The molecule has 0 aromatic carbocycles. The molecule has 1 rings (SSSR count). The van der Waals surface area contributed by atoms with Crippen molar-refractivity contribution in [2.45, 2.75) is 12.4 Å².